The Labute approximate surface area is 120 Å². The van der Waals surface area contributed by atoms with Crippen molar-refractivity contribution >= 4 is 54.2 Å². The average Bonchev–Trinajstić information content (AvgIpc) is 2.62. The fourth-order valence-corrected chi connectivity index (χ4v) is 3.06. The Bertz CT molecular complexity index is 548. The van der Waals surface area contributed by atoms with Crippen LogP contribution in [0.15, 0.2) is 32.7 Å². The molecule has 2 aromatic rings. The number of halogens is 2. The molecule has 3 nitrogen and oxygen atoms in total. The lowest BCUT2D eigenvalue weighted by atomic mass is 10.1. The van der Waals surface area contributed by atoms with Crippen molar-refractivity contribution in [3.63, 3.8) is 0 Å². The van der Waals surface area contributed by atoms with Gasteiger partial charge in [0, 0.05) is 10.0 Å². The third kappa shape index (κ3) is 3.37. The molecule has 1 aromatic carbocycles. The number of nitrogens with zero attached hydrogens (tertiary/aromatic N) is 1. The van der Waals surface area contributed by atoms with Crippen molar-refractivity contribution < 1.29 is 4.79 Å². The van der Waals surface area contributed by atoms with E-state index in [9.17, 15) is 4.79 Å². The highest BCUT2D eigenvalue weighted by molar-refractivity contribution is 9.11. The van der Waals surface area contributed by atoms with Crippen LogP contribution in [0.3, 0.4) is 0 Å². The Kier molecular flexibility index (Phi) is 3.96. The van der Waals surface area contributed by atoms with Crippen LogP contribution in [0.2, 0.25) is 0 Å². The van der Waals surface area contributed by atoms with E-state index in [4.69, 9.17) is 0 Å². The maximum absolute atomic E-state index is 11.9. The molecule has 0 atom stereocenters. The Morgan fingerprint density at radius 1 is 1.35 bits per heavy atom. The minimum absolute atomic E-state index is 0.156. The van der Waals surface area contributed by atoms with Gasteiger partial charge in [0.1, 0.15) is 0 Å². The third-order valence-corrected chi connectivity index (χ3v) is 3.85. The summed E-state index contributed by atoms with van der Waals surface area (Å²) >= 11 is 8.05. The zero-order valence-electron chi connectivity index (χ0n) is 8.83. The van der Waals surface area contributed by atoms with E-state index in [1.54, 1.807) is 12.3 Å². The number of benzene rings is 1. The smallest absolute Gasteiger partial charge is 0.257 e. The minimum atomic E-state index is -0.156. The first-order valence-corrected chi connectivity index (χ1v) is 7.15. The third-order valence-electron chi connectivity index (χ3n) is 2.00. The quantitative estimate of drug-likeness (QED) is 0.853. The van der Waals surface area contributed by atoms with Gasteiger partial charge in [0.05, 0.1) is 9.98 Å². The Morgan fingerprint density at radius 3 is 2.71 bits per heavy atom. The van der Waals surface area contributed by atoms with E-state index in [0.717, 1.165) is 13.8 Å². The molecule has 1 N–H and O–H groups in total. The highest BCUT2D eigenvalue weighted by Crippen LogP contribution is 2.24. The van der Waals surface area contributed by atoms with E-state index in [2.05, 4.69) is 42.2 Å². The number of aryl methyl sites for hydroxylation is 1. The number of rotatable bonds is 2. The van der Waals surface area contributed by atoms with Gasteiger partial charge in [-0.1, -0.05) is 27.3 Å². The van der Waals surface area contributed by atoms with E-state index < -0.39 is 0 Å². The Hall–Kier alpha value is -0.720. The summed E-state index contributed by atoms with van der Waals surface area (Å²) in [6.45, 7) is 1.95. The van der Waals surface area contributed by atoms with Gasteiger partial charge in [0.25, 0.3) is 5.91 Å². The highest BCUT2D eigenvalue weighted by Gasteiger charge is 2.09. The molecule has 17 heavy (non-hydrogen) atoms. The summed E-state index contributed by atoms with van der Waals surface area (Å²) in [6, 6.07) is 5.57. The van der Waals surface area contributed by atoms with Gasteiger partial charge in [-0.3, -0.25) is 10.1 Å². The molecule has 0 fully saturated rings. The van der Waals surface area contributed by atoms with Gasteiger partial charge in [0.2, 0.25) is 0 Å². The molecule has 0 aliphatic carbocycles. The molecule has 1 amide bonds. The number of anilines is 1. The number of aromatic nitrogens is 1. The number of hydrogen-bond acceptors (Lipinski definition) is 3. The zero-order chi connectivity index (χ0) is 12.4. The fraction of sp³-hybridized carbons (Fsp3) is 0.0909. The van der Waals surface area contributed by atoms with E-state index in [0.29, 0.717) is 10.7 Å². The van der Waals surface area contributed by atoms with Crippen molar-refractivity contribution in [1.29, 1.82) is 0 Å². The molecule has 0 aliphatic heterocycles. The number of amides is 1. The van der Waals surface area contributed by atoms with Gasteiger partial charge in [-0.05, 0) is 46.6 Å². The maximum Gasteiger partial charge on any atom is 0.257 e. The summed E-state index contributed by atoms with van der Waals surface area (Å²) in [5.74, 6) is -0.156. The van der Waals surface area contributed by atoms with Crippen LogP contribution < -0.4 is 5.32 Å². The van der Waals surface area contributed by atoms with Crippen LogP contribution >= 0.6 is 43.2 Å². The van der Waals surface area contributed by atoms with Crippen LogP contribution in [-0.2, 0) is 0 Å². The summed E-state index contributed by atoms with van der Waals surface area (Å²) in [5, 5.41) is 3.33. The van der Waals surface area contributed by atoms with E-state index in [-0.39, 0.29) is 5.91 Å². The molecule has 2 rings (SSSR count). The summed E-state index contributed by atoms with van der Waals surface area (Å²) in [7, 11) is 0. The predicted molar refractivity (Wildman–Crippen MR) is 76.6 cm³/mol. The fourth-order valence-electron chi connectivity index (χ4n) is 1.35. The normalized spacial score (nSPS) is 10.3. The number of nitrogens with one attached hydrogen (secondary N) is 1. The standard InChI is InChI=1S/C11H8Br2N2OS/c1-6-2-7(4-8(12)3-6)10(16)15-11-14-5-9(13)17-11/h2-5H,1H3,(H,14,15,16). The van der Waals surface area contributed by atoms with Crippen molar-refractivity contribution in [2.75, 3.05) is 5.32 Å². The van der Waals surface area contributed by atoms with Crippen LogP contribution in [0.4, 0.5) is 5.13 Å². The van der Waals surface area contributed by atoms with Gasteiger partial charge >= 0.3 is 0 Å². The predicted octanol–water partition coefficient (Wildman–Crippen LogP) is 4.23. The summed E-state index contributed by atoms with van der Waals surface area (Å²) in [4.78, 5) is 16.0. The van der Waals surface area contributed by atoms with E-state index in [1.165, 1.54) is 11.3 Å². The molecule has 1 aromatic heterocycles. The second-order valence-corrected chi connectivity index (χ2v) is 6.77. The molecule has 0 aliphatic rings. The molecule has 6 heteroatoms. The number of carbonyl (C=O) groups excluding carboxylic acids is 1. The van der Waals surface area contributed by atoms with Gasteiger partial charge in [-0.25, -0.2) is 4.98 Å². The monoisotopic (exact) mass is 374 g/mol. The second-order valence-electron chi connectivity index (χ2n) is 3.44. The van der Waals surface area contributed by atoms with E-state index in [1.807, 2.05) is 19.1 Å². The highest BCUT2D eigenvalue weighted by atomic mass is 79.9. The van der Waals surface area contributed by atoms with Crippen LogP contribution in [0.5, 0.6) is 0 Å². The topological polar surface area (TPSA) is 42.0 Å². The minimum Gasteiger partial charge on any atom is -0.298 e. The number of carbonyl (C=O) groups is 1. The number of thiazole rings is 1. The first-order valence-electron chi connectivity index (χ1n) is 4.74. The molecule has 0 radical (unpaired) electrons. The summed E-state index contributed by atoms with van der Waals surface area (Å²) in [5.41, 5.74) is 1.65. The van der Waals surface area contributed by atoms with Crippen molar-refractivity contribution in [3.05, 3.63) is 43.8 Å². The van der Waals surface area contributed by atoms with Crippen LogP contribution in [0.25, 0.3) is 0 Å². The molecule has 1 heterocycles. The Balaban J connectivity index is 2.19. The molecule has 0 saturated carbocycles. The lowest BCUT2D eigenvalue weighted by Crippen LogP contribution is -2.11. The molecule has 0 saturated heterocycles. The molecule has 0 spiro atoms. The average molecular weight is 376 g/mol. The number of hydrogen-bond donors (Lipinski definition) is 1. The first-order chi connectivity index (χ1) is 8.04. The zero-order valence-corrected chi connectivity index (χ0v) is 12.8. The van der Waals surface area contributed by atoms with Gasteiger partial charge in [-0.15, -0.1) is 0 Å². The van der Waals surface area contributed by atoms with Gasteiger partial charge in [0.15, 0.2) is 5.13 Å². The molecular weight excluding hydrogens is 368 g/mol. The largest absolute Gasteiger partial charge is 0.298 e. The van der Waals surface area contributed by atoms with Crippen molar-refractivity contribution in [2.45, 2.75) is 6.92 Å². The van der Waals surface area contributed by atoms with Crippen molar-refractivity contribution in [2.24, 2.45) is 0 Å². The van der Waals surface area contributed by atoms with E-state index >= 15 is 0 Å². The lowest BCUT2D eigenvalue weighted by molar-refractivity contribution is 0.102. The van der Waals surface area contributed by atoms with Gasteiger partial charge < -0.3 is 0 Å². The first kappa shape index (κ1) is 12.7. The molecule has 0 bridgehead atoms. The SMILES string of the molecule is Cc1cc(Br)cc(C(=O)Nc2ncc(Br)s2)c1. The van der Waals surface area contributed by atoms with Crippen LogP contribution in [0, 0.1) is 6.92 Å². The summed E-state index contributed by atoms with van der Waals surface area (Å²) < 4.78 is 1.78. The second kappa shape index (κ2) is 5.29. The van der Waals surface area contributed by atoms with Crippen molar-refractivity contribution in [1.82, 2.24) is 4.98 Å². The van der Waals surface area contributed by atoms with Crippen molar-refractivity contribution in [3.8, 4) is 0 Å². The van der Waals surface area contributed by atoms with Crippen LogP contribution in [-0.4, -0.2) is 10.9 Å². The van der Waals surface area contributed by atoms with Gasteiger partial charge in [-0.2, -0.15) is 0 Å². The Morgan fingerprint density at radius 2 is 2.12 bits per heavy atom. The lowest BCUT2D eigenvalue weighted by Gasteiger charge is -2.03. The van der Waals surface area contributed by atoms with Crippen LogP contribution in [0.1, 0.15) is 15.9 Å². The molecule has 0 unspecified atom stereocenters. The summed E-state index contributed by atoms with van der Waals surface area (Å²) in [6.07, 6.45) is 1.66. The molecule has 88 valence electrons. The maximum atomic E-state index is 11.9. The molecular formula is C11H8Br2N2OS.